The molecular formula is C14H7BrClF3N2. The van der Waals surface area contributed by atoms with Gasteiger partial charge in [-0.25, -0.2) is 18.2 Å². The Morgan fingerprint density at radius 2 is 1.86 bits per heavy atom. The van der Waals surface area contributed by atoms with Crippen LogP contribution in [0.25, 0.3) is 16.7 Å². The molecule has 0 N–H and O–H groups in total. The zero-order valence-corrected chi connectivity index (χ0v) is 12.7. The van der Waals surface area contributed by atoms with E-state index in [1.807, 2.05) is 0 Å². The van der Waals surface area contributed by atoms with Gasteiger partial charge in [0.2, 0.25) is 0 Å². The second-order valence-electron chi connectivity index (χ2n) is 4.35. The second kappa shape index (κ2) is 5.35. The van der Waals surface area contributed by atoms with Crippen molar-refractivity contribution in [1.29, 1.82) is 0 Å². The number of halogens is 5. The summed E-state index contributed by atoms with van der Waals surface area (Å²) in [5.74, 6) is -1.74. The monoisotopic (exact) mass is 374 g/mol. The van der Waals surface area contributed by atoms with Gasteiger partial charge in [-0.15, -0.1) is 11.6 Å². The van der Waals surface area contributed by atoms with Gasteiger partial charge < -0.3 is 0 Å². The summed E-state index contributed by atoms with van der Waals surface area (Å²) in [6.07, 6.45) is 0. The molecule has 0 saturated heterocycles. The van der Waals surface area contributed by atoms with Crippen molar-refractivity contribution in [1.82, 2.24) is 9.55 Å². The van der Waals surface area contributed by atoms with Gasteiger partial charge in [-0.05, 0) is 34.1 Å². The molecule has 0 aliphatic carbocycles. The first-order chi connectivity index (χ1) is 10.0. The zero-order chi connectivity index (χ0) is 15.1. The summed E-state index contributed by atoms with van der Waals surface area (Å²) in [6.45, 7) is 0. The Morgan fingerprint density at radius 1 is 1.10 bits per heavy atom. The van der Waals surface area contributed by atoms with Crippen molar-refractivity contribution in [3.63, 3.8) is 0 Å². The van der Waals surface area contributed by atoms with Crippen LogP contribution in [0.5, 0.6) is 0 Å². The van der Waals surface area contributed by atoms with Gasteiger partial charge in [0.05, 0.1) is 17.1 Å². The minimum atomic E-state index is -0.789. The van der Waals surface area contributed by atoms with Crippen LogP contribution in [0.15, 0.2) is 34.8 Å². The SMILES string of the molecule is Fc1ccc(Br)c(-n2c(CCl)nc3c(F)cc(F)cc32)c1. The second-order valence-corrected chi connectivity index (χ2v) is 5.47. The predicted molar refractivity (Wildman–Crippen MR) is 78.2 cm³/mol. The number of hydrogen-bond donors (Lipinski definition) is 0. The third-order valence-corrected chi connectivity index (χ3v) is 3.93. The molecule has 3 aromatic rings. The molecule has 0 fully saturated rings. The van der Waals surface area contributed by atoms with Gasteiger partial charge in [0, 0.05) is 16.6 Å². The van der Waals surface area contributed by atoms with Crippen LogP contribution >= 0.6 is 27.5 Å². The quantitative estimate of drug-likeness (QED) is 0.580. The number of aromatic nitrogens is 2. The molecule has 0 amide bonds. The lowest BCUT2D eigenvalue weighted by atomic mass is 10.2. The molecule has 0 unspecified atom stereocenters. The van der Waals surface area contributed by atoms with Crippen LogP contribution in [0.3, 0.4) is 0 Å². The number of alkyl halides is 1. The van der Waals surface area contributed by atoms with E-state index >= 15 is 0 Å². The van der Waals surface area contributed by atoms with Crippen molar-refractivity contribution >= 4 is 38.6 Å². The Kier molecular flexibility index (Phi) is 3.67. The highest BCUT2D eigenvalue weighted by atomic mass is 79.9. The van der Waals surface area contributed by atoms with E-state index in [1.54, 1.807) is 0 Å². The molecule has 2 nitrogen and oxygen atoms in total. The van der Waals surface area contributed by atoms with Crippen LogP contribution in [0, 0.1) is 17.5 Å². The number of nitrogens with zero attached hydrogens (tertiary/aromatic N) is 2. The van der Waals surface area contributed by atoms with Crippen molar-refractivity contribution in [3.8, 4) is 5.69 Å². The average Bonchev–Trinajstić information content (AvgIpc) is 2.80. The molecule has 0 bridgehead atoms. The summed E-state index contributed by atoms with van der Waals surface area (Å²) >= 11 is 9.12. The van der Waals surface area contributed by atoms with Crippen LogP contribution < -0.4 is 0 Å². The maximum atomic E-state index is 13.8. The van der Waals surface area contributed by atoms with E-state index in [0.717, 1.165) is 12.1 Å². The smallest absolute Gasteiger partial charge is 0.153 e. The Bertz CT molecular complexity index is 848. The fourth-order valence-corrected chi connectivity index (χ4v) is 2.77. The molecule has 1 heterocycles. The van der Waals surface area contributed by atoms with E-state index < -0.39 is 17.5 Å². The van der Waals surface area contributed by atoms with E-state index in [0.29, 0.717) is 16.0 Å². The van der Waals surface area contributed by atoms with E-state index in [-0.39, 0.29) is 16.9 Å². The van der Waals surface area contributed by atoms with E-state index in [2.05, 4.69) is 20.9 Å². The minimum Gasteiger partial charge on any atom is -0.294 e. The molecule has 0 spiro atoms. The number of fused-ring (bicyclic) bond motifs is 1. The molecule has 21 heavy (non-hydrogen) atoms. The van der Waals surface area contributed by atoms with Crippen molar-refractivity contribution in [2.24, 2.45) is 0 Å². The van der Waals surface area contributed by atoms with Crippen LogP contribution in [-0.2, 0) is 5.88 Å². The summed E-state index contributed by atoms with van der Waals surface area (Å²) in [5, 5.41) is 0. The molecule has 0 radical (unpaired) electrons. The normalized spacial score (nSPS) is 11.3. The minimum absolute atomic E-state index is 0.0109. The highest BCUT2D eigenvalue weighted by Gasteiger charge is 2.18. The Hall–Kier alpha value is -1.53. The first-order valence-corrected chi connectivity index (χ1v) is 7.22. The summed E-state index contributed by atoms with van der Waals surface area (Å²) in [7, 11) is 0. The van der Waals surface area contributed by atoms with Crippen molar-refractivity contribution < 1.29 is 13.2 Å². The molecule has 1 aromatic heterocycles. The maximum Gasteiger partial charge on any atom is 0.153 e. The lowest BCUT2D eigenvalue weighted by Gasteiger charge is -2.10. The fourth-order valence-electron chi connectivity index (χ4n) is 2.17. The molecule has 2 aromatic carbocycles. The molecule has 108 valence electrons. The molecular weight excluding hydrogens is 369 g/mol. The Balaban J connectivity index is 2.43. The number of rotatable bonds is 2. The molecule has 0 atom stereocenters. The first kappa shape index (κ1) is 14.4. The van der Waals surface area contributed by atoms with Crippen LogP contribution in [0.1, 0.15) is 5.82 Å². The third-order valence-electron chi connectivity index (χ3n) is 3.02. The number of imidazole rings is 1. The summed E-state index contributed by atoms with van der Waals surface area (Å²) in [4.78, 5) is 4.07. The van der Waals surface area contributed by atoms with Gasteiger partial charge in [-0.1, -0.05) is 0 Å². The predicted octanol–water partition coefficient (Wildman–Crippen LogP) is 4.94. The molecule has 0 aliphatic heterocycles. The zero-order valence-electron chi connectivity index (χ0n) is 10.4. The van der Waals surface area contributed by atoms with Crippen LogP contribution in [-0.4, -0.2) is 9.55 Å². The standard InChI is InChI=1S/C14H7BrClF3N2/c15-9-2-1-7(17)4-11(9)21-12-5-8(18)3-10(19)14(12)20-13(21)6-16/h1-5H,6H2. The summed E-state index contributed by atoms with van der Waals surface area (Å²) in [5.41, 5.74) is 0.552. The van der Waals surface area contributed by atoms with Gasteiger partial charge in [0.1, 0.15) is 23.0 Å². The fraction of sp³-hybridized carbons (Fsp3) is 0.0714. The Morgan fingerprint density at radius 3 is 2.57 bits per heavy atom. The first-order valence-electron chi connectivity index (χ1n) is 5.89. The van der Waals surface area contributed by atoms with Gasteiger partial charge in [-0.2, -0.15) is 0 Å². The molecule has 0 saturated carbocycles. The Labute approximate surface area is 131 Å². The van der Waals surface area contributed by atoms with E-state index in [4.69, 9.17) is 11.6 Å². The van der Waals surface area contributed by atoms with Crippen LogP contribution in [0.4, 0.5) is 13.2 Å². The van der Waals surface area contributed by atoms with Gasteiger partial charge in [0.25, 0.3) is 0 Å². The number of benzene rings is 2. The number of hydrogen-bond acceptors (Lipinski definition) is 1. The highest BCUT2D eigenvalue weighted by Crippen LogP contribution is 2.30. The van der Waals surface area contributed by atoms with Gasteiger partial charge in [-0.3, -0.25) is 4.57 Å². The lowest BCUT2D eigenvalue weighted by Crippen LogP contribution is -2.01. The maximum absolute atomic E-state index is 13.8. The molecule has 7 heteroatoms. The van der Waals surface area contributed by atoms with Crippen LogP contribution in [0.2, 0.25) is 0 Å². The van der Waals surface area contributed by atoms with Crippen molar-refractivity contribution in [2.45, 2.75) is 5.88 Å². The van der Waals surface area contributed by atoms with Gasteiger partial charge in [0.15, 0.2) is 5.82 Å². The summed E-state index contributed by atoms with van der Waals surface area (Å²) in [6, 6.07) is 5.90. The third kappa shape index (κ3) is 2.42. The van der Waals surface area contributed by atoms with Crippen molar-refractivity contribution in [3.05, 3.63) is 58.1 Å². The van der Waals surface area contributed by atoms with Gasteiger partial charge >= 0.3 is 0 Å². The largest absolute Gasteiger partial charge is 0.294 e. The molecule has 0 aliphatic rings. The molecule has 3 rings (SSSR count). The van der Waals surface area contributed by atoms with E-state index in [9.17, 15) is 13.2 Å². The van der Waals surface area contributed by atoms with Crippen molar-refractivity contribution in [2.75, 3.05) is 0 Å². The summed E-state index contributed by atoms with van der Waals surface area (Å²) < 4.78 is 42.8. The topological polar surface area (TPSA) is 17.8 Å². The average molecular weight is 376 g/mol. The lowest BCUT2D eigenvalue weighted by molar-refractivity contribution is 0.590. The highest BCUT2D eigenvalue weighted by molar-refractivity contribution is 9.10. The van der Waals surface area contributed by atoms with E-state index in [1.165, 1.54) is 22.8 Å².